The number of aromatic nitrogens is 3. The number of carboxylic acid groups (broad SMARTS) is 1. The maximum Gasteiger partial charge on any atom is 0.417 e. The van der Waals surface area contributed by atoms with Gasteiger partial charge in [0.2, 0.25) is 11.8 Å². The molecule has 1 aliphatic carbocycles. The molecule has 13 heteroatoms. The van der Waals surface area contributed by atoms with Crippen molar-refractivity contribution >= 4 is 40.7 Å². The molecule has 3 amide bonds. The molecule has 13 nitrogen and oxygen atoms in total. The minimum atomic E-state index is -1.22. The van der Waals surface area contributed by atoms with Crippen LogP contribution in [0.2, 0.25) is 0 Å². The fourth-order valence-corrected chi connectivity index (χ4v) is 4.38. The molecule has 2 aromatic heterocycles. The number of carbonyl (C=O) groups excluding carboxylic acids is 3. The van der Waals surface area contributed by atoms with E-state index >= 15 is 0 Å². The number of hydrogen-bond acceptors (Lipinski definition) is 7. The largest absolute Gasteiger partial charge is 0.464 e. The number of methoxy groups -OCH3 is 1. The second kappa shape index (κ2) is 12.3. The Balaban J connectivity index is 1.58. The predicted octanol–water partition coefficient (Wildman–Crippen LogP) is 2.21. The molecule has 4 rings (SSSR count). The SMILES string of the molecule is COC(=O)NC(CCC=CC(N)=O)C(=O)Nc1cccn(Cc2nc3c(CC4CC4)cccc3n2C(=O)O)c1=O. The highest BCUT2D eigenvalue weighted by Crippen LogP contribution is 2.34. The zero-order valence-electron chi connectivity index (χ0n) is 21.8. The Kier molecular flexibility index (Phi) is 8.62. The summed E-state index contributed by atoms with van der Waals surface area (Å²) < 4.78 is 6.89. The highest BCUT2D eigenvalue weighted by molar-refractivity contribution is 5.96. The monoisotopic (exact) mass is 550 g/mol. The summed E-state index contributed by atoms with van der Waals surface area (Å²) in [4.78, 5) is 65.7. The normalized spacial score (nSPS) is 13.7. The number of primary amides is 1. The smallest absolute Gasteiger partial charge is 0.417 e. The van der Waals surface area contributed by atoms with Crippen LogP contribution in [-0.2, 0) is 27.3 Å². The van der Waals surface area contributed by atoms with Crippen LogP contribution in [0.1, 0.15) is 37.1 Å². The molecule has 1 aliphatic rings. The van der Waals surface area contributed by atoms with E-state index in [4.69, 9.17) is 5.73 Å². The number of ether oxygens (including phenoxy) is 1. The Morgan fingerprint density at radius 3 is 2.67 bits per heavy atom. The van der Waals surface area contributed by atoms with Crippen LogP contribution in [0.3, 0.4) is 0 Å². The Labute approximate surface area is 228 Å². The van der Waals surface area contributed by atoms with Crippen molar-refractivity contribution in [1.82, 2.24) is 19.4 Å². The average Bonchev–Trinajstić information content (AvgIpc) is 3.65. The quantitative estimate of drug-likeness (QED) is 0.261. The molecule has 2 heterocycles. The van der Waals surface area contributed by atoms with Crippen LogP contribution in [0.4, 0.5) is 15.3 Å². The molecule has 1 saturated carbocycles. The van der Waals surface area contributed by atoms with E-state index in [0.717, 1.165) is 42.6 Å². The van der Waals surface area contributed by atoms with E-state index in [1.807, 2.05) is 6.07 Å². The second-order valence-electron chi connectivity index (χ2n) is 9.49. The van der Waals surface area contributed by atoms with Gasteiger partial charge in [0.15, 0.2) is 0 Å². The zero-order valence-corrected chi connectivity index (χ0v) is 21.8. The molecular weight excluding hydrogens is 520 g/mol. The zero-order chi connectivity index (χ0) is 28.8. The first kappa shape index (κ1) is 28.1. The summed E-state index contributed by atoms with van der Waals surface area (Å²) in [6, 6.07) is 7.26. The van der Waals surface area contributed by atoms with E-state index < -0.39 is 35.6 Å². The number of hydrogen-bond donors (Lipinski definition) is 4. The molecule has 0 aliphatic heterocycles. The Morgan fingerprint density at radius 1 is 1.23 bits per heavy atom. The number of nitrogens with zero attached hydrogens (tertiary/aromatic N) is 3. The van der Waals surface area contributed by atoms with Gasteiger partial charge >= 0.3 is 12.2 Å². The molecule has 1 aromatic carbocycles. The van der Waals surface area contributed by atoms with Gasteiger partial charge < -0.3 is 30.8 Å². The van der Waals surface area contributed by atoms with Crippen LogP contribution < -0.4 is 21.9 Å². The van der Waals surface area contributed by atoms with Crippen LogP contribution in [0, 0.1) is 5.92 Å². The molecule has 1 unspecified atom stereocenters. The number of anilines is 1. The lowest BCUT2D eigenvalue weighted by Crippen LogP contribution is -2.44. The van der Waals surface area contributed by atoms with Crippen molar-refractivity contribution in [3.63, 3.8) is 0 Å². The van der Waals surface area contributed by atoms with Gasteiger partial charge in [-0.2, -0.15) is 0 Å². The molecular formula is C27H30N6O7. The van der Waals surface area contributed by atoms with Gasteiger partial charge in [0.1, 0.15) is 17.6 Å². The van der Waals surface area contributed by atoms with Crippen molar-refractivity contribution < 1.29 is 29.0 Å². The van der Waals surface area contributed by atoms with Crippen molar-refractivity contribution in [3.8, 4) is 0 Å². The lowest BCUT2D eigenvalue weighted by molar-refractivity contribution is -0.118. The lowest BCUT2D eigenvalue weighted by atomic mass is 10.1. The number of nitrogens with one attached hydrogen (secondary N) is 2. The molecule has 0 spiro atoms. The summed E-state index contributed by atoms with van der Waals surface area (Å²) in [5, 5.41) is 14.8. The number of alkyl carbamates (subject to hydrolysis) is 1. The van der Waals surface area contributed by atoms with E-state index in [1.54, 1.807) is 12.1 Å². The summed E-state index contributed by atoms with van der Waals surface area (Å²) >= 11 is 0. The summed E-state index contributed by atoms with van der Waals surface area (Å²) in [7, 11) is 1.15. The van der Waals surface area contributed by atoms with Gasteiger partial charge in [-0.3, -0.25) is 14.4 Å². The Hall–Kier alpha value is -4.94. The van der Waals surface area contributed by atoms with E-state index in [-0.39, 0.29) is 30.9 Å². The molecule has 3 aromatic rings. The summed E-state index contributed by atoms with van der Waals surface area (Å²) in [6.07, 6.45) is 5.41. The average molecular weight is 551 g/mol. The summed E-state index contributed by atoms with van der Waals surface area (Å²) in [6.45, 7) is -0.159. The third-order valence-corrected chi connectivity index (χ3v) is 6.52. The van der Waals surface area contributed by atoms with Crippen LogP contribution in [0.15, 0.2) is 53.5 Å². The van der Waals surface area contributed by atoms with Crippen LogP contribution in [0.25, 0.3) is 11.0 Å². The minimum absolute atomic E-state index is 0.0794. The van der Waals surface area contributed by atoms with Crippen molar-refractivity contribution in [2.24, 2.45) is 11.7 Å². The van der Waals surface area contributed by atoms with E-state index in [1.165, 1.54) is 29.0 Å². The highest BCUT2D eigenvalue weighted by atomic mass is 16.5. The van der Waals surface area contributed by atoms with Gasteiger partial charge in [-0.25, -0.2) is 19.1 Å². The molecule has 0 saturated heterocycles. The first-order chi connectivity index (χ1) is 19.2. The summed E-state index contributed by atoms with van der Waals surface area (Å²) in [5.41, 5.74) is 6.39. The van der Waals surface area contributed by atoms with Crippen molar-refractivity contribution in [2.75, 3.05) is 12.4 Å². The minimum Gasteiger partial charge on any atom is -0.464 e. The van der Waals surface area contributed by atoms with E-state index in [0.29, 0.717) is 17.0 Å². The standard InChI is InChI=1S/C27H30N6O7/c1-40-26(37)30-18(7-2-3-10-21(28)34)24(35)29-19-8-5-13-32(25(19)36)15-22-31-23-17(14-16-11-12-16)6-4-9-20(23)33(22)27(38)39/h3-6,8-10,13,16,18H,2,7,11-12,14-15H2,1H3,(H2,28,34)(H,29,35)(H,30,37)(H,38,39). The fourth-order valence-electron chi connectivity index (χ4n) is 4.38. The van der Waals surface area contributed by atoms with Gasteiger partial charge in [-0.1, -0.05) is 18.2 Å². The van der Waals surface area contributed by atoms with E-state index in [2.05, 4.69) is 20.4 Å². The predicted molar refractivity (Wildman–Crippen MR) is 145 cm³/mol. The van der Waals surface area contributed by atoms with Gasteiger partial charge in [-0.15, -0.1) is 0 Å². The Bertz CT molecular complexity index is 1540. The van der Waals surface area contributed by atoms with Gasteiger partial charge in [0.05, 0.1) is 24.7 Å². The number of rotatable bonds is 11. The van der Waals surface area contributed by atoms with Crippen molar-refractivity contribution in [2.45, 2.75) is 44.7 Å². The third-order valence-electron chi connectivity index (χ3n) is 6.52. The molecule has 0 bridgehead atoms. The maximum atomic E-state index is 13.3. The number of fused-ring (bicyclic) bond motifs is 1. The molecule has 5 N–H and O–H groups in total. The van der Waals surface area contributed by atoms with E-state index in [9.17, 15) is 29.1 Å². The van der Waals surface area contributed by atoms with Gasteiger partial charge in [0.25, 0.3) is 5.56 Å². The lowest BCUT2D eigenvalue weighted by Gasteiger charge is -2.17. The molecule has 210 valence electrons. The van der Waals surface area contributed by atoms with Crippen molar-refractivity contribution in [1.29, 1.82) is 0 Å². The van der Waals surface area contributed by atoms with Crippen LogP contribution in [0.5, 0.6) is 0 Å². The van der Waals surface area contributed by atoms with Crippen LogP contribution in [-0.4, -0.2) is 56.4 Å². The maximum absolute atomic E-state index is 13.3. The number of para-hydroxylation sites is 1. The highest BCUT2D eigenvalue weighted by Gasteiger charge is 2.25. The third kappa shape index (κ3) is 6.73. The number of nitrogens with two attached hydrogens (primary N) is 1. The second-order valence-corrected chi connectivity index (χ2v) is 9.49. The number of imidazole rings is 1. The number of carbonyl (C=O) groups is 4. The Morgan fingerprint density at radius 2 is 2.00 bits per heavy atom. The number of pyridine rings is 1. The molecule has 40 heavy (non-hydrogen) atoms. The van der Waals surface area contributed by atoms with Crippen molar-refractivity contribution in [3.05, 3.63) is 70.4 Å². The molecule has 0 radical (unpaired) electrons. The number of allylic oxidation sites excluding steroid dienone is 1. The first-order valence-electron chi connectivity index (χ1n) is 12.7. The molecule has 1 fully saturated rings. The van der Waals surface area contributed by atoms with Gasteiger partial charge in [-0.05, 0) is 67.9 Å². The molecule has 1 atom stereocenters. The fraction of sp³-hybridized carbons (Fsp3) is 0.333. The summed E-state index contributed by atoms with van der Waals surface area (Å²) in [5.74, 6) is -0.607. The topological polar surface area (TPSA) is 188 Å². The number of benzene rings is 1. The van der Waals surface area contributed by atoms with Crippen LogP contribution >= 0.6 is 0 Å². The van der Waals surface area contributed by atoms with Gasteiger partial charge in [0, 0.05) is 6.20 Å². The first-order valence-corrected chi connectivity index (χ1v) is 12.7. The number of amides is 3.